The van der Waals surface area contributed by atoms with Crippen molar-refractivity contribution >= 4 is 23.9 Å². The van der Waals surface area contributed by atoms with Gasteiger partial charge < -0.3 is 26.0 Å². The summed E-state index contributed by atoms with van der Waals surface area (Å²) in [5.41, 5.74) is 0.691. The standard InChI is InChI=1S/C34H54N4O4/c1-25(2)23-28(36-32(41)38-21-11-6-7-12-22-38)30(39)35-29(31(40)37-33(3,4)5)24-27-15-13-26(14-16-27)17-20-34(42)18-9-8-10-19-34/h13-17,20,25,28-29,42H,6-12,18-19,21-24H2,1-5H3,(H,35,39)(H,36,41)(H,37,40). The number of hydrogen-bond acceptors (Lipinski definition) is 4. The van der Waals surface area contributed by atoms with E-state index >= 15 is 0 Å². The highest BCUT2D eigenvalue weighted by molar-refractivity contribution is 5.92. The molecular formula is C34H54N4O4. The van der Waals surface area contributed by atoms with Crippen molar-refractivity contribution in [3.63, 3.8) is 0 Å². The molecule has 1 saturated heterocycles. The van der Waals surface area contributed by atoms with E-state index in [2.05, 4.69) is 16.0 Å². The van der Waals surface area contributed by atoms with Crippen LogP contribution in [-0.2, 0) is 16.0 Å². The number of nitrogens with zero attached hydrogens (tertiary/aromatic N) is 1. The van der Waals surface area contributed by atoms with E-state index in [1.54, 1.807) is 4.90 Å². The third kappa shape index (κ3) is 11.4. The molecule has 0 aromatic heterocycles. The zero-order valence-electron chi connectivity index (χ0n) is 26.5. The number of hydrogen-bond donors (Lipinski definition) is 4. The molecule has 1 heterocycles. The summed E-state index contributed by atoms with van der Waals surface area (Å²) >= 11 is 0. The Morgan fingerprint density at radius 1 is 0.881 bits per heavy atom. The molecule has 2 atom stereocenters. The molecule has 1 aliphatic heterocycles. The van der Waals surface area contributed by atoms with Gasteiger partial charge in [-0.3, -0.25) is 9.59 Å². The van der Waals surface area contributed by atoms with E-state index in [-0.39, 0.29) is 23.8 Å². The molecule has 2 fully saturated rings. The van der Waals surface area contributed by atoms with Crippen LogP contribution in [0.1, 0.15) is 110 Å². The molecule has 1 saturated carbocycles. The van der Waals surface area contributed by atoms with Crippen LogP contribution in [0.15, 0.2) is 30.3 Å². The Labute approximate surface area is 253 Å². The Morgan fingerprint density at radius 2 is 1.48 bits per heavy atom. The van der Waals surface area contributed by atoms with Gasteiger partial charge in [-0.1, -0.05) is 82.4 Å². The fourth-order valence-electron chi connectivity index (χ4n) is 5.74. The van der Waals surface area contributed by atoms with Crippen molar-refractivity contribution in [2.24, 2.45) is 5.92 Å². The quantitative estimate of drug-likeness (QED) is 0.299. The number of aliphatic hydroxyl groups is 1. The van der Waals surface area contributed by atoms with E-state index < -0.39 is 23.2 Å². The van der Waals surface area contributed by atoms with Crippen LogP contribution in [0.25, 0.3) is 6.08 Å². The van der Waals surface area contributed by atoms with Gasteiger partial charge in [-0.05, 0) is 69.9 Å². The Morgan fingerprint density at radius 3 is 2.05 bits per heavy atom. The minimum absolute atomic E-state index is 0.180. The molecule has 234 valence electrons. The summed E-state index contributed by atoms with van der Waals surface area (Å²) < 4.78 is 0. The van der Waals surface area contributed by atoms with Gasteiger partial charge in [0.25, 0.3) is 0 Å². The number of carbonyl (C=O) groups is 3. The zero-order valence-corrected chi connectivity index (χ0v) is 26.5. The molecule has 2 aliphatic rings. The fourth-order valence-corrected chi connectivity index (χ4v) is 5.74. The molecule has 0 spiro atoms. The maximum absolute atomic E-state index is 13.6. The first-order valence-electron chi connectivity index (χ1n) is 16.0. The van der Waals surface area contributed by atoms with Crippen molar-refractivity contribution in [2.75, 3.05) is 13.1 Å². The molecule has 2 unspecified atom stereocenters. The predicted octanol–water partition coefficient (Wildman–Crippen LogP) is 5.34. The van der Waals surface area contributed by atoms with E-state index in [0.717, 1.165) is 62.5 Å². The van der Waals surface area contributed by atoms with Gasteiger partial charge in [0, 0.05) is 25.0 Å². The van der Waals surface area contributed by atoms with Crippen LogP contribution in [0.4, 0.5) is 4.79 Å². The second-order valence-electron chi connectivity index (χ2n) is 13.8. The number of likely N-dealkylation sites (tertiary alicyclic amines) is 1. The van der Waals surface area contributed by atoms with Gasteiger partial charge in [-0.25, -0.2) is 4.79 Å². The van der Waals surface area contributed by atoms with Crippen molar-refractivity contribution in [1.82, 2.24) is 20.9 Å². The lowest BCUT2D eigenvalue weighted by Gasteiger charge is -2.29. The molecule has 1 aromatic rings. The summed E-state index contributed by atoms with van der Waals surface area (Å²) in [5, 5.41) is 19.7. The Kier molecular flexibility index (Phi) is 12.5. The molecule has 0 bridgehead atoms. The molecule has 42 heavy (non-hydrogen) atoms. The van der Waals surface area contributed by atoms with Crippen molar-refractivity contribution in [3.8, 4) is 0 Å². The summed E-state index contributed by atoms with van der Waals surface area (Å²) in [6.07, 6.45) is 13.7. The summed E-state index contributed by atoms with van der Waals surface area (Å²) in [7, 11) is 0. The normalized spacial score (nSPS) is 19.2. The van der Waals surface area contributed by atoms with E-state index in [0.29, 0.717) is 25.9 Å². The van der Waals surface area contributed by atoms with Crippen molar-refractivity contribution < 1.29 is 19.5 Å². The summed E-state index contributed by atoms with van der Waals surface area (Å²) in [6.45, 7) is 11.2. The van der Waals surface area contributed by atoms with Crippen LogP contribution in [-0.4, -0.2) is 64.2 Å². The average molecular weight is 583 g/mol. The van der Waals surface area contributed by atoms with Crippen LogP contribution < -0.4 is 16.0 Å². The van der Waals surface area contributed by atoms with Gasteiger partial charge in [0.15, 0.2) is 0 Å². The molecule has 4 amide bonds. The minimum Gasteiger partial charge on any atom is -0.386 e. The molecule has 1 aromatic carbocycles. The van der Waals surface area contributed by atoms with Crippen LogP contribution in [0.5, 0.6) is 0 Å². The lowest BCUT2D eigenvalue weighted by atomic mass is 9.84. The van der Waals surface area contributed by atoms with E-state index in [1.807, 2.05) is 71.0 Å². The second-order valence-corrected chi connectivity index (χ2v) is 13.8. The number of amides is 4. The lowest BCUT2D eigenvalue weighted by molar-refractivity contribution is -0.130. The van der Waals surface area contributed by atoms with Crippen LogP contribution in [0, 0.1) is 5.92 Å². The molecule has 0 radical (unpaired) electrons. The fraction of sp³-hybridized carbons (Fsp3) is 0.676. The third-order valence-electron chi connectivity index (χ3n) is 8.07. The highest BCUT2D eigenvalue weighted by atomic mass is 16.3. The van der Waals surface area contributed by atoms with Gasteiger partial charge in [0.1, 0.15) is 12.1 Å². The minimum atomic E-state index is -0.800. The van der Waals surface area contributed by atoms with Crippen molar-refractivity contribution in [2.45, 2.75) is 128 Å². The molecule has 8 heteroatoms. The van der Waals surface area contributed by atoms with E-state index in [9.17, 15) is 19.5 Å². The van der Waals surface area contributed by atoms with E-state index in [1.165, 1.54) is 6.42 Å². The number of rotatable bonds is 10. The molecule has 8 nitrogen and oxygen atoms in total. The smallest absolute Gasteiger partial charge is 0.318 e. The molecular weight excluding hydrogens is 528 g/mol. The summed E-state index contributed by atoms with van der Waals surface area (Å²) in [4.78, 5) is 41.9. The van der Waals surface area contributed by atoms with Gasteiger partial charge in [0.2, 0.25) is 11.8 Å². The third-order valence-corrected chi connectivity index (χ3v) is 8.07. The Hall–Kier alpha value is -2.87. The monoisotopic (exact) mass is 582 g/mol. The number of nitrogens with one attached hydrogen (secondary N) is 3. The lowest BCUT2D eigenvalue weighted by Crippen LogP contribution is -2.58. The SMILES string of the molecule is CC(C)CC(NC(=O)N1CCCCCC1)C(=O)NC(Cc1ccc(C=CC2(O)CCCCC2)cc1)C(=O)NC(C)(C)C. The first-order valence-corrected chi connectivity index (χ1v) is 16.0. The highest BCUT2D eigenvalue weighted by Crippen LogP contribution is 2.29. The van der Waals surface area contributed by atoms with Gasteiger partial charge in [-0.15, -0.1) is 0 Å². The summed E-state index contributed by atoms with van der Waals surface area (Å²) in [5.74, 6) is -0.429. The topological polar surface area (TPSA) is 111 Å². The second kappa shape index (κ2) is 15.6. The van der Waals surface area contributed by atoms with Crippen LogP contribution >= 0.6 is 0 Å². The maximum atomic E-state index is 13.6. The van der Waals surface area contributed by atoms with E-state index in [4.69, 9.17) is 0 Å². The predicted molar refractivity (Wildman–Crippen MR) is 169 cm³/mol. The van der Waals surface area contributed by atoms with Gasteiger partial charge >= 0.3 is 6.03 Å². The molecule has 1 aliphatic carbocycles. The van der Waals surface area contributed by atoms with Crippen LogP contribution in [0.2, 0.25) is 0 Å². The summed E-state index contributed by atoms with van der Waals surface area (Å²) in [6, 6.07) is 6.12. The molecule has 4 N–H and O–H groups in total. The maximum Gasteiger partial charge on any atom is 0.318 e. The number of benzene rings is 1. The largest absolute Gasteiger partial charge is 0.386 e. The number of carbonyl (C=O) groups excluding carboxylic acids is 3. The van der Waals surface area contributed by atoms with Gasteiger partial charge in [-0.2, -0.15) is 0 Å². The zero-order chi connectivity index (χ0) is 30.8. The van der Waals surface area contributed by atoms with Crippen LogP contribution in [0.3, 0.4) is 0 Å². The van der Waals surface area contributed by atoms with Gasteiger partial charge in [0.05, 0.1) is 5.60 Å². The average Bonchev–Trinajstić information content (AvgIpc) is 3.21. The van der Waals surface area contributed by atoms with Crippen molar-refractivity contribution in [1.29, 1.82) is 0 Å². The molecule has 3 rings (SSSR count). The Bertz CT molecular complexity index is 1050. The Balaban J connectivity index is 1.72. The number of urea groups is 1. The first-order chi connectivity index (χ1) is 19.8. The van der Waals surface area contributed by atoms with Crippen molar-refractivity contribution in [3.05, 3.63) is 41.5 Å². The first kappa shape index (κ1) is 33.6. The highest BCUT2D eigenvalue weighted by Gasteiger charge is 2.30.